The molecule has 32 heavy (non-hydrogen) atoms. The van der Waals surface area contributed by atoms with Crippen LogP contribution < -0.4 is 16.0 Å². The van der Waals surface area contributed by atoms with Gasteiger partial charge >= 0.3 is 6.18 Å². The number of anilines is 3. The summed E-state index contributed by atoms with van der Waals surface area (Å²) in [5.74, 6) is 0.344. The third-order valence-corrected chi connectivity index (χ3v) is 4.86. The number of amides is 1. The molecule has 4 rings (SSSR count). The molecule has 1 aromatic carbocycles. The second-order valence-electron chi connectivity index (χ2n) is 7.46. The number of aromatic nitrogens is 4. The van der Waals surface area contributed by atoms with Crippen molar-refractivity contribution in [3.8, 4) is 11.1 Å². The van der Waals surface area contributed by atoms with Crippen LogP contribution in [0.5, 0.6) is 0 Å². The number of benzene rings is 1. The van der Waals surface area contributed by atoms with E-state index >= 15 is 0 Å². The number of rotatable bonds is 6. The normalized spacial score (nSPS) is 16.0. The molecule has 0 aliphatic carbocycles. The summed E-state index contributed by atoms with van der Waals surface area (Å²) in [6.45, 7) is 2.41. The molecule has 0 spiro atoms. The number of carbonyl (C=O) groups excluding carboxylic acids is 1. The molecule has 0 bridgehead atoms. The summed E-state index contributed by atoms with van der Waals surface area (Å²) < 4.78 is 38.7. The average Bonchev–Trinajstić information content (AvgIpc) is 3.17. The summed E-state index contributed by atoms with van der Waals surface area (Å²) >= 11 is 0. The Hall–Kier alpha value is -3.76. The van der Waals surface area contributed by atoms with E-state index in [1.165, 1.54) is 0 Å². The van der Waals surface area contributed by atoms with Gasteiger partial charge < -0.3 is 16.0 Å². The zero-order valence-corrected chi connectivity index (χ0v) is 17.1. The molecule has 1 unspecified atom stereocenters. The van der Waals surface area contributed by atoms with E-state index in [9.17, 15) is 18.0 Å². The lowest BCUT2D eigenvalue weighted by molar-refractivity contribution is -0.141. The van der Waals surface area contributed by atoms with Crippen molar-refractivity contribution in [2.24, 2.45) is 0 Å². The molecule has 0 saturated carbocycles. The van der Waals surface area contributed by atoms with Crippen LogP contribution in [-0.2, 0) is 11.0 Å². The SMILES string of the molecule is Cc1cc(Nc2nccc(C(F)(F)F)n2)cc(-c2cnc(NCC3CCC(=O)N3)nc2)c1. The highest BCUT2D eigenvalue weighted by molar-refractivity contribution is 5.78. The zero-order chi connectivity index (χ0) is 22.7. The van der Waals surface area contributed by atoms with E-state index in [2.05, 4.69) is 35.9 Å². The average molecular weight is 443 g/mol. The van der Waals surface area contributed by atoms with E-state index in [1.54, 1.807) is 24.5 Å². The molecule has 1 aliphatic rings. The van der Waals surface area contributed by atoms with Gasteiger partial charge in [-0.3, -0.25) is 4.79 Å². The van der Waals surface area contributed by atoms with Crippen LogP contribution in [0.1, 0.15) is 24.1 Å². The number of halogens is 3. The maximum absolute atomic E-state index is 12.9. The second-order valence-corrected chi connectivity index (χ2v) is 7.46. The molecule has 1 atom stereocenters. The maximum Gasteiger partial charge on any atom is 0.433 e. The van der Waals surface area contributed by atoms with Crippen molar-refractivity contribution >= 4 is 23.5 Å². The quantitative estimate of drug-likeness (QED) is 0.534. The lowest BCUT2D eigenvalue weighted by atomic mass is 10.1. The van der Waals surface area contributed by atoms with Crippen molar-refractivity contribution in [2.45, 2.75) is 32.0 Å². The third kappa shape index (κ3) is 5.29. The van der Waals surface area contributed by atoms with E-state index < -0.39 is 11.9 Å². The molecule has 1 amide bonds. The Morgan fingerprint density at radius 2 is 1.88 bits per heavy atom. The number of aryl methyl sites for hydroxylation is 1. The van der Waals surface area contributed by atoms with Crippen LogP contribution in [-0.4, -0.2) is 38.4 Å². The van der Waals surface area contributed by atoms with Crippen LogP contribution in [0.15, 0.2) is 42.9 Å². The van der Waals surface area contributed by atoms with Gasteiger partial charge in [0.1, 0.15) is 5.69 Å². The number of alkyl halides is 3. The summed E-state index contributed by atoms with van der Waals surface area (Å²) in [7, 11) is 0. The molecule has 11 heteroatoms. The Morgan fingerprint density at radius 3 is 2.56 bits per heavy atom. The highest BCUT2D eigenvalue weighted by Gasteiger charge is 2.32. The molecule has 3 aromatic rings. The minimum atomic E-state index is -4.55. The lowest BCUT2D eigenvalue weighted by Crippen LogP contribution is -2.32. The minimum Gasteiger partial charge on any atom is -0.352 e. The van der Waals surface area contributed by atoms with E-state index in [0.717, 1.165) is 35.4 Å². The van der Waals surface area contributed by atoms with Crippen molar-refractivity contribution in [3.05, 3.63) is 54.1 Å². The smallest absolute Gasteiger partial charge is 0.352 e. The van der Waals surface area contributed by atoms with Gasteiger partial charge in [-0.15, -0.1) is 0 Å². The first-order chi connectivity index (χ1) is 15.3. The fourth-order valence-corrected chi connectivity index (χ4v) is 3.34. The molecule has 1 saturated heterocycles. The first-order valence-electron chi connectivity index (χ1n) is 9.91. The van der Waals surface area contributed by atoms with Gasteiger partial charge in [0.05, 0.1) is 0 Å². The fraction of sp³-hybridized carbons (Fsp3) is 0.286. The predicted octanol–water partition coefficient (Wildman–Crippen LogP) is 3.69. The summed E-state index contributed by atoms with van der Waals surface area (Å²) in [5.41, 5.74) is 1.93. The third-order valence-electron chi connectivity index (χ3n) is 4.86. The van der Waals surface area contributed by atoms with Crippen LogP contribution in [0.4, 0.5) is 30.8 Å². The van der Waals surface area contributed by atoms with Gasteiger partial charge in [0, 0.05) is 48.8 Å². The van der Waals surface area contributed by atoms with Gasteiger partial charge in [0.25, 0.3) is 0 Å². The molecule has 3 heterocycles. The first kappa shape index (κ1) is 21.5. The molecule has 3 N–H and O–H groups in total. The lowest BCUT2D eigenvalue weighted by Gasteiger charge is -2.12. The Morgan fingerprint density at radius 1 is 1.09 bits per heavy atom. The van der Waals surface area contributed by atoms with Crippen LogP contribution >= 0.6 is 0 Å². The molecule has 1 fully saturated rings. The maximum atomic E-state index is 12.9. The van der Waals surface area contributed by atoms with Gasteiger partial charge in [-0.1, -0.05) is 6.07 Å². The van der Waals surface area contributed by atoms with Gasteiger partial charge in [-0.05, 0) is 42.7 Å². The van der Waals surface area contributed by atoms with Crippen molar-refractivity contribution in [2.75, 3.05) is 17.2 Å². The first-order valence-corrected chi connectivity index (χ1v) is 9.91. The molecule has 166 valence electrons. The Bertz CT molecular complexity index is 1120. The summed E-state index contributed by atoms with van der Waals surface area (Å²) in [5, 5.41) is 8.79. The minimum absolute atomic E-state index is 0.0486. The summed E-state index contributed by atoms with van der Waals surface area (Å²) in [6.07, 6.45) is 1.13. The fourth-order valence-electron chi connectivity index (χ4n) is 3.34. The van der Waals surface area contributed by atoms with Crippen molar-refractivity contribution in [3.63, 3.8) is 0 Å². The highest BCUT2D eigenvalue weighted by atomic mass is 19.4. The number of nitrogens with zero attached hydrogens (tertiary/aromatic N) is 4. The van der Waals surface area contributed by atoms with E-state index in [1.807, 2.05) is 13.0 Å². The molecule has 0 radical (unpaired) electrons. The topological polar surface area (TPSA) is 105 Å². The van der Waals surface area contributed by atoms with E-state index in [-0.39, 0.29) is 17.9 Å². The molecule has 2 aromatic heterocycles. The number of carbonyl (C=O) groups is 1. The Kier molecular flexibility index (Phi) is 5.89. The monoisotopic (exact) mass is 443 g/mol. The van der Waals surface area contributed by atoms with Crippen molar-refractivity contribution in [1.82, 2.24) is 25.3 Å². The van der Waals surface area contributed by atoms with E-state index in [0.29, 0.717) is 24.6 Å². The Labute approximate surface area is 181 Å². The van der Waals surface area contributed by atoms with Crippen LogP contribution in [0.25, 0.3) is 11.1 Å². The number of hydrogen-bond acceptors (Lipinski definition) is 7. The van der Waals surface area contributed by atoms with Crippen molar-refractivity contribution < 1.29 is 18.0 Å². The Balaban J connectivity index is 1.47. The van der Waals surface area contributed by atoms with Gasteiger partial charge in [-0.2, -0.15) is 13.2 Å². The van der Waals surface area contributed by atoms with Crippen molar-refractivity contribution in [1.29, 1.82) is 0 Å². The molecular weight excluding hydrogens is 423 g/mol. The van der Waals surface area contributed by atoms with Gasteiger partial charge in [0.2, 0.25) is 17.8 Å². The standard InChI is InChI=1S/C21H20F3N7O/c1-12-6-13(8-16(7-12)30-20-25-5-4-17(31-20)21(22,23)24)14-9-26-19(27-10-14)28-11-15-2-3-18(32)29-15/h4-10,15H,2-3,11H2,1H3,(H,29,32)(H,25,30,31)(H,26,27,28). The molecule has 8 nitrogen and oxygen atoms in total. The van der Waals surface area contributed by atoms with E-state index in [4.69, 9.17) is 0 Å². The van der Waals surface area contributed by atoms with Crippen LogP contribution in [0, 0.1) is 6.92 Å². The zero-order valence-electron chi connectivity index (χ0n) is 17.1. The molecular formula is C21H20F3N7O. The number of hydrogen-bond donors (Lipinski definition) is 3. The summed E-state index contributed by atoms with van der Waals surface area (Å²) in [6, 6.07) is 6.34. The second kappa shape index (κ2) is 8.77. The highest BCUT2D eigenvalue weighted by Crippen LogP contribution is 2.29. The van der Waals surface area contributed by atoms with Gasteiger partial charge in [-0.25, -0.2) is 19.9 Å². The summed E-state index contributed by atoms with van der Waals surface area (Å²) in [4.78, 5) is 27.3. The molecule has 1 aliphatic heterocycles. The van der Waals surface area contributed by atoms with Gasteiger partial charge in [0.15, 0.2) is 0 Å². The van der Waals surface area contributed by atoms with Crippen LogP contribution in [0.3, 0.4) is 0 Å². The predicted molar refractivity (Wildman–Crippen MR) is 112 cm³/mol. The number of nitrogens with one attached hydrogen (secondary N) is 3. The van der Waals surface area contributed by atoms with Crippen LogP contribution in [0.2, 0.25) is 0 Å². The largest absolute Gasteiger partial charge is 0.433 e.